The highest BCUT2D eigenvalue weighted by molar-refractivity contribution is 7.46. The van der Waals surface area contributed by atoms with E-state index in [4.69, 9.17) is 9.47 Å². The summed E-state index contributed by atoms with van der Waals surface area (Å²) >= 11 is 0. The molecule has 1 amide bonds. The molecule has 7 atom stereocenters. The highest BCUT2D eigenvalue weighted by Crippen LogP contribution is 2.43. The van der Waals surface area contributed by atoms with Gasteiger partial charge in [0, 0.05) is 0 Å². The molecular formula is C34H66NO13P. The summed E-state index contributed by atoms with van der Waals surface area (Å²) in [6.07, 6.45) is 8.32. The van der Waals surface area contributed by atoms with Crippen molar-refractivity contribution in [3.05, 3.63) is 0 Å². The maximum Gasteiger partial charge on any atom is 0.472 e. The Labute approximate surface area is 292 Å². The number of hydrogen-bond donors (Lipinski definition) is 8. The number of unbranched alkanes of at least 4 members (excludes halogenated alkanes) is 16. The largest absolute Gasteiger partial charge is 0.472 e. The Hall–Kier alpha value is -1.19. The first kappa shape index (κ1) is 45.8. The van der Waals surface area contributed by atoms with Crippen LogP contribution in [0, 0.1) is 0 Å². The van der Waals surface area contributed by atoms with E-state index in [0.717, 1.165) is 51.4 Å². The molecule has 0 saturated carbocycles. The van der Waals surface area contributed by atoms with E-state index in [9.17, 15) is 49.5 Å². The van der Waals surface area contributed by atoms with Crippen LogP contribution in [-0.2, 0) is 28.2 Å². The lowest BCUT2D eigenvalue weighted by Crippen LogP contribution is -2.74. The topological polar surface area (TPSA) is 233 Å². The third-order valence-corrected chi connectivity index (χ3v) is 9.36. The number of phosphoric acid groups is 1. The molecule has 1 aliphatic heterocycles. The van der Waals surface area contributed by atoms with Gasteiger partial charge in [-0.3, -0.25) is 14.1 Å². The van der Waals surface area contributed by atoms with E-state index in [0.29, 0.717) is 19.3 Å². The van der Waals surface area contributed by atoms with Crippen molar-refractivity contribution in [2.75, 3.05) is 6.61 Å². The minimum atomic E-state index is -5.42. The fourth-order valence-corrected chi connectivity index (χ4v) is 6.52. The van der Waals surface area contributed by atoms with E-state index in [2.05, 4.69) is 23.7 Å². The molecule has 8 N–H and O–H groups in total. The van der Waals surface area contributed by atoms with Crippen molar-refractivity contribution in [1.82, 2.24) is 5.32 Å². The van der Waals surface area contributed by atoms with Crippen molar-refractivity contribution in [2.45, 2.75) is 198 Å². The minimum Gasteiger partial charge on any atom is -0.454 e. The van der Waals surface area contributed by atoms with Crippen LogP contribution in [0.15, 0.2) is 0 Å². The van der Waals surface area contributed by atoms with Gasteiger partial charge in [-0.15, -0.1) is 0 Å². The monoisotopic (exact) mass is 727 g/mol. The number of esters is 1. The lowest BCUT2D eigenvalue weighted by molar-refractivity contribution is -0.332. The third kappa shape index (κ3) is 19.9. The Morgan fingerprint density at radius 1 is 0.776 bits per heavy atom. The summed E-state index contributed by atoms with van der Waals surface area (Å²) in [7, 11) is -5.42. The second-order valence-corrected chi connectivity index (χ2v) is 14.7. The van der Waals surface area contributed by atoms with Gasteiger partial charge in [-0.05, 0) is 12.8 Å². The quantitative estimate of drug-likeness (QED) is 0.0234. The first-order chi connectivity index (χ1) is 23.3. The molecule has 15 heteroatoms. The Morgan fingerprint density at radius 3 is 1.63 bits per heavy atom. The number of rotatable bonds is 29. The fraction of sp³-hybridized carbons (Fsp3) is 0.941. The molecule has 0 unspecified atom stereocenters. The van der Waals surface area contributed by atoms with Gasteiger partial charge in [0.05, 0.1) is 31.7 Å². The van der Waals surface area contributed by atoms with Crippen LogP contribution in [0.3, 0.4) is 0 Å². The molecule has 1 aliphatic rings. The lowest BCUT2D eigenvalue weighted by atomic mass is 9.92. The highest BCUT2D eigenvalue weighted by atomic mass is 31.2. The molecule has 14 nitrogen and oxygen atoms in total. The van der Waals surface area contributed by atoms with Crippen molar-refractivity contribution in [1.29, 1.82) is 0 Å². The molecule has 1 fully saturated rings. The summed E-state index contributed by atoms with van der Waals surface area (Å²) in [5.41, 5.74) is -3.06. The summed E-state index contributed by atoms with van der Waals surface area (Å²) < 4.78 is 26.8. The molecule has 0 radical (unpaired) electrons. The van der Waals surface area contributed by atoms with Gasteiger partial charge < -0.3 is 50.1 Å². The molecule has 0 spiro atoms. The first-order valence-electron chi connectivity index (χ1n) is 18.5. The van der Waals surface area contributed by atoms with Crippen LogP contribution in [0.4, 0.5) is 0 Å². The first-order valence-corrected chi connectivity index (χ1v) is 20.1. The van der Waals surface area contributed by atoms with Crippen molar-refractivity contribution in [3.8, 4) is 0 Å². The van der Waals surface area contributed by atoms with Gasteiger partial charge in [0.2, 0.25) is 17.9 Å². The number of aliphatic hydroxyl groups excluding tert-OH is 4. The number of aliphatic hydroxyl groups is 5. The van der Waals surface area contributed by atoms with Gasteiger partial charge in [-0.25, -0.2) is 4.57 Å². The Balaban J connectivity index is 2.79. The molecule has 290 valence electrons. The zero-order chi connectivity index (χ0) is 36.7. The van der Waals surface area contributed by atoms with Gasteiger partial charge in [0.25, 0.3) is 0 Å². The highest BCUT2D eigenvalue weighted by Gasteiger charge is 2.60. The number of phosphoric ester groups is 1. The third-order valence-electron chi connectivity index (χ3n) is 8.90. The van der Waals surface area contributed by atoms with Gasteiger partial charge in [0.1, 0.15) is 12.2 Å². The molecule has 0 aromatic heterocycles. The zero-order valence-electron chi connectivity index (χ0n) is 29.8. The normalized spacial score (nSPS) is 24.0. The van der Waals surface area contributed by atoms with Crippen LogP contribution in [0.25, 0.3) is 0 Å². The summed E-state index contributed by atoms with van der Waals surface area (Å²) in [6, 6.07) is 0. The molecule has 0 aliphatic carbocycles. The van der Waals surface area contributed by atoms with Crippen LogP contribution in [-0.4, -0.2) is 96.3 Å². The van der Waals surface area contributed by atoms with Crippen molar-refractivity contribution < 1.29 is 63.5 Å². The SMILES string of the molecule is CCCCCCCCCCC[C@@H](O)CC(=O)N[C@]1(O)[C@@H](OP(=O)(O)O)O[C@H](CO)[C@@H](O)[C@@H]1OC(=O)C[C@H](O)CCCCCCCCCCC. The van der Waals surface area contributed by atoms with Crippen LogP contribution in [0.2, 0.25) is 0 Å². The number of nitrogens with one attached hydrogen (secondary N) is 1. The zero-order valence-corrected chi connectivity index (χ0v) is 30.6. The van der Waals surface area contributed by atoms with Crippen LogP contribution < -0.4 is 5.32 Å². The average Bonchev–Trinajstić information content (AvgIpc) is 3.02. The number of carbonyl (C=O) groups excluding carboxylic acids is 2. The molecule has 0 aromatic rings. The Kier molecular flexibility index (Phi) is 24.0. The summed E-state index contributed by atoms with van der Waals surface area (Å²) in [4.78, 5) is 44.8. The number of carbonyl (C=O) groups is 2. The van der Waals surface area contributed by atoms with Crippen LogP contribution in [0.1, 0.15) is 155 Å². The van der Waals surface area contributed by atoms with Gasteiger partial charge in [-0.2, -0.15) is 0 Å². The summed E-state index contributed by atoms with van der Waals surface area (Å²) in [5, 5.41) is 55.1. The molecule has 1 saturated heterocycles. The predicted molar refractivity (Wildman–Crippen MR) is 183 cm³/mol. The van der Waals surface area contributed by atoms with Gasteiger partial charge >= 0.3 is 13.8 Å². The van der Waals surface area contributed by atoms with E-state index in [1.165, 1.54) is 51.4 Å². The minimum absolute atomic E-state index is 0.283. The van der Waals surface area contributed by atoms with E-state index >= 15 is 0 Å². The summed E-state index contributed by atoms with van der Waals surface area (Å²) in [5.74, 6) is -2.09. The van der Waals surface area contributed by atoms with Gasteiger partial charge in [0.15, 0.2) is 6.10 Å². The average molecular weight is 728 g/mol. The molecular weight excluding hydrogens is 661 g/mol. The maximum absolute atomic E-state index is 13.0. The van der Waals surface area contributed by atoms with E-state index in [1.807, 2.05) is 0 Å². The molecule has 0 bridgehead atoms. The second kappa shape index (κ2) is 25.7. The van der Waals surface area contributed by atoms with E-state index in [-0.39, 0.29) is 6.42 Å². The van der Waals surface area contributed by atoms with Crippen LogP contribution in [0.5, 0.6) is 0 Å². The van der Waals surface area contributed by atoms with Crippen molar-refractivity contribution >= 4 is 19.7 Å². The molecule has 49 heavy (non-hydrogen) atoms. The standard InChI is InChI=1S/C34H66NO13P/c1-3-5-7-9-11-13-15-17-19-21-26(37)23-29(39)35-34(42)32(31(41)28(25-36)46-33(34)48-49(43,44)45)47-30(40)24-27(38)22-20-18-16-14-12-10-8-6-4-2/h26-28,31-33,36-38,41-42H,3-25H2,1-2H3,(H,35,39)(H2,43,44,45)/t26-,27-,28-,31-,32+,33-,34-/m1/s1. The van der Waals surface area contributed by atoms with Crippen molar-refractivity contribution in [2.24, 2.45) is 0 Å². The molecule has 1 heterocycles. The number of hydrogen-bond acceptors (Lipinski definition) is 11. The predicted octanol–water partition coefficient (Wildman–Crippen LogP) is 4.23. The second-order valence-electron chi connectivity index (χ2n) is 13.5. The van der Waals surface area contributed by atoms with Crippen molar-refractivity contribution in [3.63, 3.8) is 0 Å². The smallest absolute Gasteiger partial charge is 0.454 e. The summed E-state index contributed by atoms with van der Waals surface area (Å²) in [6.45, 7) is 3.40. The Bertz CT molecular complexity index is 938. The fourth-order valence-electron chi connectivity index (χ4n) is 6.06. The molecule has 0 aromatic carbocycles. The van der Waals surface area contributed by atoms with Crippen LogP contribution >= 0.6 is 7.82 Å². The van der Waals surface area contributed by atoms with Gasteiger partial charge in [-0.1, -0.05) is 129 Å². The number of amides is 1. The van der Waals surface area contributed by atoms with E-state index < -0.39 is 81.7 Å². The maximum atomic E-state index is 13.0. The number of ether oxygens (including phenoxy) is 2. The molecule has 1 rings (SSSR count). The lowest BCUT2D eigenvalue weighted by Gasteiger charge is -2.48. The van der Waals surface area contributed by atoms with E-state index in [1.54, 1.807) is 0 Å². The Morgan fingerprint density at radius 2 is 1.20 bits per heavy atom.